The largest absolute Gasteiger partial charge is 0.459 e. The quantitative estimate of drug-likeness (QED) is 0.622. The number of piperazine rings is 1. The van der Waals surface area contributed by atoms with Gasteiger partial charge >= 0.3 is 12.1 Å². The minimum atomic E-state index is -5.86. The molecule has 2 aliphatic rings. The van der Waals surface area contributed by atoms with Gasteiger partial charge in [0.25, 0.3) is 0 Å². The molecule has 1 saturated heterocycles. The first-order valence-corrected chi connectivity index (χ1v) is 9.76. The molecule has 1 fully saturated rings. The molecule has 4 rings (SSSR count). The van der Waals surface area contributed by atoms with Gasteiger partial charge in [0.2, 0.25) is 0 Å². The number of nitrogens with zero attached hydrogens (tertiary/aromatic N) is 4. The molecule has 0 radical (unpaired) electrons. The van der Waals surface area contributed by atoms with Gasteiger partial charge in [-0.25, -0.2) is 13.8 Å². The van der Waals surface area contributed by atoms with Gasteiger partial charge in [-0.2, -0.15) is 27.1 Å². The van der Waals surface area contributed by atoms with Gasteiger partial charge in [-0.1, -0.05) is 0 Å². The minimum absolute atomic E-state index is 0. The molecule has 13 heteroatoms. The molecular weight excluding hydrogens is 479 g/mol. The van der Waals surface area contributed by atoms with Crippen LogP contribution in [0.3, 0.4) is 0 Å². The van der Waals surface area contributed by atoms with Gasteiger partial charge in [0.05, 0.1) is 11.7 Å². The fourth-order valence-corrected chi connectivity index (χ4v) is 3.72. The predicted molar refractivity (Wildman–Crippen MR) is 111 cm³/mol. The number of pyridine rings is 1. The minimum Gasteiger partial charge on any atom is -0.354 e. The molecule has 0 aliphatic carbocycles. The Bertz CT molecular complexity index is 1020. The fourth-order valence-electron chi connectivity index (χ4n) is 3.72. The second-order valence-electron chi connectivity index (χ2n) is 7.46. The Balaban J connectivity index is 0.00000306. The second kappa shape index (κ2) is 9.34. The van der Waals surface area contributed by atoms with Gasteiger partial charge < -0.3 is 10.2 Å². The maximum Gasteiger partial charge on any atom is 0.459 e. The second-order valence-corrected chi connectivity index (χ2v) is 7.46. The molecule has 2 aliphatic heterocycles. The third-order valence-corrected chi connectivity index (χ3v) is 5.38. The standard InChI is InChI=1S/C20H18F7N5.ClH/c21-13-1-2-15(14(22)10-13)32-16(11-17(30-32)19(23,24)20(25,26)27)12-3-4-29-18(9-12)31-7-5-28-6-8-31;/h1-4,9-10,16,28H,5-8,11H2;1H. The van der Waals surface area contributed by atoms with Crippen LogP contribution in [0, 0.1) is 11.6 Å². The average Bonchev–Trinajstić information content (AvgIpc) is 3.19. The highest BCUT2D eigenvalue weighted by Crippen LogP contribution is 2.45. The lowest BCUT2D eigenvalue weighted by Gasteiger charge is -2.30. The molecule has 0 spiro atoms. The molecule has 1 atom stereocenters. The molecule has 2 aromatic rings. The van der Waals surface area contributed by atoms with Crippen molar-refractivity contribution >= 4 is 29.6 Å². The Hall–Kier alpha value is -2.60. The molecule has 1 N–H and O–H groups in total. The van der Waals surface area contributed by atoms with E-state index in [1.165, 1.54) is 12.3 Å². The lowest BCUT2D eigenvalue weighted by Crippen LogP contribution is -2.44. The number of alkyl halides is 5. The average molecular weight is 498 g/mol. The van der Waals surface area contributed by atoms with Crippen molar-refractivity contribution in [1.29, 1.82) is 0 Å². The summed E-state index contributed by atoms with van der Waals surface area (Å²) < 4.78 is 94.9. The van der Waals surface area contributed by atoms with E-state index in [1.54, 1.807) is 6.07 Å². The number of hydrogen-bond acceptors (Lipinski definition) is 5. The van der Waals surface area contributed by atoms with Crippen molar-refractivity contribution in [3.63, 3.8) is 0 Å². The molecule has 0 bridgehead atoms. The summed E-state index contributed by atoms with van der Waals surface area (Å²) >= 11 is 0. The van der Waals surface area contributed by atoms with Gasteiger partial charge in [0.1, 0.15) is 17.3 Å². The maximum atomic E-state index is 14.4. The van der Waals surface area contributed by atoms with Crippen LogP contribution < -0.4 is 15.2 Å². The molecule has 33 heavy (non-hydrogen) atoms. The number of rotatable bonds is 4. The molecule has 180 valence electrons. The lowest BCUT2D eigenvalue weighted by atomic mass is 9.99. The van der Waals surface area contributed by atoms with Gasteiger partial charge in [-0.05, 0) is 29.8 Å². The first-order chi connectivity index (χ1) is 15.1. The molecule has 3 heterocycles. The summed E-state index contributed by atoms with van der Waals surface area (Å²) in [5.74, 6) is -6.74. The van der Waals surface area contributed by atoms with Crippen LogP contribution in [0.1, 0.15) is 18.0 Å². The third kappa shape index (κ3) is 4.86. The first-order valence-electron chi connectivity index (χ1n) is 9.76. The highest BCUT2D eigenvalue weighted by Gasteiger charge is 2.63. The highest BCUT2D eigenvalue weighted by atomic mass is 35.5. The van der Waals surface area contributed by atoms with E-state index in [4.69, 9.17) is 0 Å². The van der Waals surface area contributed by atoms with Crippen LogP contribution in [-0.2, 0) is 0 Å². The topological polar surface area (TPSA) is 43.8 Å². The van der Waals surface area contributed by atoms with Gasteiger partial charge in [-0.15, -0.1) is 12.4 Å². The summed E-state index contributed by atoms with van der Waals surface area (Å²) in [5.41, 5.74) is -1.53. The van der Waals surface area contributed by atoms with Crippen molar-refractivity contribution in [3.05, 3.63) is 53.7 Å². The number of aromatic nitrogens is 1. The zero-order chi connectivity index (χ0) is 23.1. The lowest BCUT2D eigenvalue weighted by molar-refractivity contribution is -0.249. The van der Waals surface area contributed by atoms with Crippen molar-refractivity contribution in [2.75, 3.05) is 36.1 Å². The Labute approximate surface area is 190 Å². The van der Waals surface area contributed by atoms with Crippen LogP contribution in [0.5, 0.6) is 0 Å². The molecule has 1 aromatic heterocycles. The number of anilines is 2. The maximum absolute atomic E-state index is 14.4. The van der Waals surface area contributed by atoms with Crippen molar-refractivity contribution in [3.8, 4) is 0 Å². The number of halogens is 8. The van der Waals surface area contributed by atoms with Gasteiger partial charge in [0.15, 0.2) is 5.82 Å². The zero-order valence-electron chi connectivity index (χ0n) is 16.9. The Kier molecular flexibility index (Phi) is 7.08. The molecule has 0 saturated carbocycles. The monoisotopic (exact) mass is 497 g/mol. The van der Waals surface area contributed by atoms with Crippen molar-refractivity contribution in [1.82, 2.24) is 10.3 Å². The normalized spacial score (nSPS) is 19.4. The van der Waals surface area contributed by atoms with E-state index in [1.807, 2.05) is 4.90 Å². The smallest absolute Gasteiger partial charge is 0.354 e. The van der Waals surface area contributed by atoms with Crippen molar-refractivity contribution < 1.29 is 30.7 Å². The Morgan fingerprint density at radius 3 is 2.30 bits per heavy atom. The predicted octanol–water partition coefficient (Wildman–Crippen LogP) is 4.70. The summed E-state index contributed by atoms with van der Waals surface area (Å²) in [6.45, 7) is 2.66. The fraction of sp³-hybridized carbons (Fsp3) is 0.400. The van der Waals surface area contributed by atoms with Crippen molar-refractivity contribution in [2.24, 2.45) is 5.10 Å². The van der Waals surface area contributed by atoms with E-state index in [-0.39, 0.29) is 12.4 Å². The highest BCUT2D eigenvalue weighted by molar-refractivity contribution is 5.95. The number of hydrazone groups is 1. The van der Waals surface area contributed by atoms with Crippen molar-refractivity contribution in [2.45, 2.75) is 24.6 Å². The number of benzene rings is 1. The van der Waals surface area contributed by atoms with Crippen LogP contribution in [0.25, 0.3) is 0 Å². The van der Waals surface area contributed by atoms with E-state index in [0.29, 0.717) is 43.6 Å². The summed E-state index contributed by atoms with van der Waals surface area (Å²) in [7, 11) is 0. The summed E-state index contributed by atoms with van der Waals surface area (Å²) in [6.07, 6.45) is -5.25. The Morgan fingerprint density at radius 1 is 0.970 bits per heavy atom. The molecule has 1 unspecified atom stereocenters. The third-order valence-electron chi connectivity index (χ3n) is 5.38. The molecular formula is C20H19ClF7N5. The number of hydrogen-bond donors (Lipinski definition) is 1. The number of nitrogens with one attached hydrogen (secondary N) is 1. The van der Waals surface area contributed by atoms with Crippen LogP contribution in [0.15, 0.2) is 41.6 Å². The molecule has 0 amide bonds. The SMILES string of the molecule is Cl.Fc1ccc(N2N=C(C(F)(F)C(F)(F)F)CC2c2ccnc(N3CCNCC3)c2)c(F)c1. The van der Waals surface area contributed by atoms with Crippen LogP contribution in [0.4, 0.5) is 42.2 Å². The zero-order valence-corrected chi connectivity index (χ0v) is 17.7. The molecule has 5 nitrogen and oxygen atoms in total. The van der Waals surface area contributed by atoms with E-state index < -0.39 is 47.6 Å². The molecule has 1 aromatic carbocycles. The van der Waals surface area contributed by atoms with E-state index in [2.05, 4.69) is 15.4 Å². The van der Waals surface area contributed by atoms with E-state index in [0.717, 1.165) is 17.1 Å². The summed E-state index contributed by atoms with van der Waals surface area (Å²) in [5, 5.41) is 7.38. The van der Waals surface area contributed by atoms with E-state index in [9.17, 15) is 30.7 Å². The van der Waals surface area contributed by atoms with Crippen LogP contribution in [-0.4, -0.2) is 49.0 Å². The van der Waals surface area contributed by atoms with Gasteiger partial charge in [0, 0.05) is 44.9 Å². The summed E-state index contributed by atoms with van der Waals surface area (Å²) in [4.78, 5) is 6.19. The summed E-state index contributed by atoms with van der Waals surface area (Å²) in [6, 6.07) is 4.20. The van der Waals surface area contributed by atoms with E-state index >= 15 is 0 Å². The Morgan fingerprint density at radius 2 is 1.67 bits per heavy atom. The van der Waals surface area contributed by atoms with Gasteiger partial charge in [-0.3, -0.25) is 5.01 Å². The van der Waals surface area contributed by atoms with Crippen LogP contribution >= 0.6 is 12.4 Å². The van der Waals surface area contributed by atoms with Crippen LogP contribution in [0.2, 0.25) is 0 Å². The first kappa shape index (κ1) is 25.0.